The van der Waals surface area contributed by atoms with Gasteiger partial charge in [-0.3, -0.25) is 4.68 Å². The first-order valence-electron chi connectivity index (χ1n) is 11.6. The van der Waals surface area contributed by atoms with Crippen LogP contribution in [-0.2, 0) is 11.8 Å². The number of nitrogens with zero attached hydrogens (tertiary/aromatic N) is 7. The Morgan fingerprint density at radius 2 is 1.74 bits per heavy atom. The average molecular weight is 476 g/mol. The first-order valence-corrected chi connectivity index (χ1v) is 11.6. The first kappa shape index (κ1) is 22.9. The molecule has 4 heterocycles. The summed E-state index contributed by atoms with van der Waals surface area (Å²) in [6.45, 7) is 5.42. The third-order valence-electron chi connectivity index (χ3n) is 6.98. The third-order valence-corrected chi connectivity index (χ3v) is 6.98. The predicted octanol–water partition coefficient (Wildman–Crippen LogP) is 4.18. The standard InChI is InChI=1S/C23H28F3N7O/c1-13-14(2)29-21-20(28-13)19(15-4-6-17(7-5-15)23(24,25)26)30-22(31-21)33-8-9-34-18(12-33)16-10-27-32(3)11-16/h10-11,15,17-18H,4-9,12H2,1-3H3/t15-,17+,18-/m1/s1. The van der Waals surface area contributed by atoms with E-state index >= 15 is 0 Å². The first-order chi connectivity index (χ1) is 16.2. The number of aromatic nitrogens is 6. The Hall–Kier alpha value is -2.82. The zero-order valence-electron chi connectivity index (χ0n) is 19.5. The average Bonchev–Trinajstić information content (AvgIpc) is 3.25. The lowest BCUT2D eigenvalue weighted by Crippen LogP contribution is -2.39. The summed E-state index contributed by atoms with van der Waals surface area (Å²) in [7, 11) is 1.86. The number of aryl methyl sites for hydroxylation is 3. The number of hydrogen-bond acceptors (Lipinski definition) is 7. The smallest absolute Gasteiger partial charge is 0.370 e. The maximum atomic E-state index is 13.2. The molecule has 1 saturated carbocycles. The fraction of sp³-hybridized carbons (Fsp3) is 0.609. The van der Waals surface area contributed by atoms with Gasteiger partial charge in [0.1, 0.15) is 11.6 Å². The van der Waals surface area contributed by atoms with Crippen molar-refractivity contribution in [3.63, 3.8) is 0 Å². The minimum atomic E-state index is -4.15. The van der Waals surface area contributed by atoms with Crippen LogP contribution >= 0.6 is 0 Å². The largest absolute Gasteiger partial charge is 0.391 e. The second-order valence-electron chi connectivity index (χ2n) is 9.32. The van der Waals surface area contributed by atoms with Crippen molar-refractivity contribution in [1.29, 1.82) is 0 Å². The summed E-state index contributed by atoms with van der Waals surface area (Å²) in [6, 6.07) is 0. The van der Waals surface area contributed by atoms with Gasteiger partial charge in [-0.25, -0.2) is 15.0 Å². The highest BCUT2D eigenvalue weighted by Crippen LogP contribution is 2.43. The van der Waals surface area contributed by atoms with Crippen LogP contribution in [-0.4, -0.2) is 55.6 Å². The van der Waals surface area contributed by atoms with Crippen molar-refractivity contribution in [2.45, 2.75) is 57.7 Å². The van der Waals surface area contributed by atoms with Crippen LogP contribution < -0.4 is 4.90 Å². The van der Waals surface area contributed by atoms with E-state index in [9.17, 15) is 13.2 Å². The Kier molecular flexibility index (Phi) is 5.91. The van der Waals surface area contributed by atoms with Crippen molar-refractivity contribution in [2.24, 2.45) is 13.0 Å². The molecule has 1 aliphatic heterocycles. The van der Waals surface area contributed by atoms with Crippen LogP contribution in [0.4, 0.5) is 19.1 Å². The molecule has 1 saturated heterocycles. The van der Waals surface area contributed by atoms with Crippen LogP contribution in [0.1, 0.15) is 60.4 Å². The predicted molar refractivity (Wildman–Crippen MR) is 119 cm³/mol. The Morgan fingerprint density at radius 1 is 1.00 bits per heavy atom. The summed E-state index contributed by atoms with van der Waals surface area (Å²) >= 11 is 0. The van der Waals surface area contributed by atoms with Gasteiger partial charge in [-0.1, -0.05) is 0 Å². The molecule has 5 rings (SSSR count). The van der Waals surface area contributed by atoms with Gasteiger partial charge in [0, 0.05) is 31.3 Å². The van der Waals surface area contributed by atoms with Crippen molar-refractivity contribution in [3.8, 4) is 0 Å². The van der Waals surface area contributed by atoms with Gasteiger partial charge >= 0.3 is 6.18 Å². The molecule has 0 unspecified atom stereocenters. The zero-order valence-corrected chi connectivity index (χ0v) is 19.5. The molecule has 2 fully saturated rings. The highest BCUT2D eigenvalue weighted by molar-refractivity contribution is 5.75. The maximum Gasteiger partial charge on any atom is 0.391 e. The summed E-state index contributed by atoms with van der Waals surface area (Å²) in [5.41, 5.74) is 4.33. The molecule has 0 spiro atoms. The molecular weight excluding hydrogens is 447 g/mol. The molecule has 1 atom stereocenters. The quantitative estimate of drug-likeness (QED) is 0.562. The monoisotopic (exact) mass is 475 g/mol. The van der Waals surface area contributed by atoms with Crippen LogP contribution in [0.2, 0.25) is 0 Å². The van der Waals surface area contributed by atoms with Crippen LogP contribution in [0.5, 0.6) is 0 Å². The van der Waals surface area contributed by atoms with Crippen LogP contribution in [0.25, 0.3) is 11.2 Å². The minimum Gasteiger partial charge on any atom is -0.370 e. The number of ether oxygens (including phenoxy) is 1. The number of fused-ring (bicyclic) bond motifs is 1. The summed E-state index contributed by atoms with van der Waals surface area (Å²) < 4.78 is 47.4. The van der Waals surface area contributed by atoms with Crippen LogP contribution in [0.15, 0.2) is 12.4 Å². The van der Waals surface area contributed by atoms with Crippen molar-refractivity contribution in [2.75, 3.05) is 24.6 Å². The number of alkyl halides is 3. The summed E-state index contributed by atoms with van der Waals surface area (Å²) in [5.74, 6) is -0.824. The third kappa shape index (κ3) is 4.45. The molecule has 2 aliphatic rings. The molecule has 11 heteroatoms. The lowest BCUT2D eigenvalue weighted by atomic mass is 9.80. The van der Waals surface area contributed by atoms with Gasteiger partial charge in [-0.05, 0) is 39.5 Å². The van der Waals surface area contributed by atoms with E-state index in [1.54, 1.807) is 10.9 Å². The fourth-order valence-corrected chi connectivity index (χ4v) is 4.88. The van der Waals surface area contributed by atoms with Gasteiger partial charge in [-0.2, -0.15) is 23.3 Å². The number of morpholine rings is 1. The molecule has 182 valence electrons. The van der Waals surface area contributed by atoms with Gasteiger partial charge in [-0.15, -0.1) is 0 Å². The van der Waals surface area contributed by atoms with E-state index in [2.05, 4.69) is 15.0 Å². The second-order valence-corrected chi connectivity index (χ2v) is 9.32. The molecule has 0 N–H and O–H groups in total. The Morgan fingerprint density at radius 3 is 2.41 bits per heavy atom. The molecule has 8 nitrogen and oxygen atoms in total. The second kappa shape index (κ2) is 8.75. The van der Waals surface area contributed by atoms with Gasteiger partial charge < -0.3 is 9.64 Å². The summed E-state index contributed by atoms with van der Waals surface area (Å²) in [4.78, 5) is 21.0. The van der Waals surface area contributed by atoms with E-state index in [4.69, 9.17) is 19.7 Å². The normalized spacial score (nSPS) is 24.1. The lowest BCUT2D eigenvalue weighted by Gasteiger charge is -2.34. The molecule has 1 aliphatic carbocycles. The van der Waals surface area contributed by atoms with E-state index in [-0.39, 0.29) is 24.9 Å². The van der Waals surface area contributed by atoms with Crippen molar-refractivity contribution in [3.05, 3.63) is 35.0 Å². The van der Waals surface area contributed by atoms with E-state index in [0.29, 0.717) is 55.3 Å². The Bertz CT molecular complexity index is 1190. The minimum absolute atomic E-state index is 0.102. The molecular formula is C23H28F3N7O. The number of rotatable bonds is 3. The number of hydrogen-bond donors (Lipinski definition) is 0. The highest BCUT2D eigenvalue weighted by Gasteiger charge is 2.42. The number of halogens is 3. The van der Waals surface area contributed by atoms with Crippen molar-refractivity contribution < 1.29 is 17.9 Å². The fourth-order valence-electron chi connectivity index (χ4n) is 4.88. The highest BCUT2D eigenvalue weighted by atomic mass is 19.4. The molecule has 0 amide bonds. The van der Waals surface area contributed by atoms with Crippen molar-refractivity contribution in [1.82, 2.24) is 29.7 Å². The molecule has 0 radical (unpaired) electrons. The maximum absolute atomic E-state index is 13.2. The number of anilines is 1. The summed E-state index contributed by atoms with van der Waals surface area (Å²) in [6.07, 6.45) is 0.458. The van der Waals surface area contributed by atoms with Gasteiger partial charge in [0.25, 0.3) is 0 Å². The van der Waals surface area contributed by atoms with Crippen LogP contribution in [0, 0.1) is 19.8 Å². The van der Waals surface area contributed by atoms with Gasteiger partial charge in [0.05, 0.1) is 42.3 Å². The Labute approximate surface area is 195 Å². The molecule has 3 aromatic rings. The van der Waals surface area contributed by atoms with E-state index < -0.39 is 12.1 Å². The molecule has 3 aromatic heterocycles. The van der Waals surface area contributed by atoms with Crippen LogP contribution in [0.3, 0.4) is 0 Å². The van der Waals surface area contributed by atoms with E-state index in [1.807, 2.05) is 27.1 Å². The Balaban J connectivity index is 1.49. The summed E-state index contributed by atoms with van der Waals surface area (Å²) in [5, 5.41) is 4.24. The molecule has 0 bridgehead atoms. The van der Waals surface area contributed by atoms with Gasteiger partial charge in [0.15, 0.2) is 5.65 Å². The van der Waals surface area contributed by atoms with E-state index in [0.717, 1.165) is 17.0 Å². The molecule has 34 heavy (non-hydrogen) atoms. The lowest BCUT2D eigenvalue weighted by molar-refractivity contribution is -0.182. The topological polar surface area (TPSA) is 81.9 Å². The SMILES string of the molecule is Cc1nc2nc(N3CCO[C@@H](c4cnn(C)c4)C3)nc([C@H]3CC[C@@H](C(F)(F)F)CC3)c2nc1C. The zero-order chi connectivity index (χ0) is 24.0. The van der Waals surface area contributed by atoms with Gasteiger partial charge in [0.2, 0.25) is 5.95 Å². The van der Waals surface area contributed by atoms with Crippen molar-refractivity contribution >= 4 is 17.1 Å². The molecule has 0 aromatic carbocycles. The van der Waals surface area contributed by atoms with E-state index in [1.165, 1.54) is 0 Å².